The van der Waals surface area contributed by atoms with E-state index in [1.165, 1.54) is 6.92 Å². The molecule has 4 fully saturated rings. The summed E-state index contributed by atoms with van der Waals surface area (Å²) < 4.78 is 62.3. The monoisotopic (exact) mass is 1680 g/mol. The maximum absolute atomic E-state index is 11.8. The molecule has 4 rings (SSSR count). The summed E-state index contributed by atoms with van der Waals surface area (Å²) in [5.41, 5.74) is 7.39. The minimum atomic E-state index is -1.80. The molecular formula is C67H146AlBr3LiN6NaO22. The number of Topliss-reactive ketones (excluding diaryl/α,β-unsaturated/α-hetero) is 2. The Bertz CT molecular complexity index is 1990. The van der Waals surface area contributed by atoms with Gasteiger partial charge < -0.3 is 110 Å². The van der Waals surface area contributed by atoms with Crippen molar-refractivity contribution in [3.8, 4) is 0 Å². The van der Waals surface area contributed by atoms with Gasteiger partial charge in [-0.05, 0) is 171 Å². The zero-order chi connectivity index (χ0) is 74.5. The second kappa shape index (κ2) is 68.1. The Balaban J connectivity index is -0.0000000802. The van der Waals surface area contributed by atoms with Crippen LogP contribution in [0.1, 0.15) is 128 Å². The summed E-state index contributed by atoms with van der Waals surface area (Å²) in [5.74, 6) is -3.46. The number of carbonyl (C=O) groups is 6. The number of aliphatic hydroxyl groups is 3. The minimum absolute atomic E-state index is 0. The SMILES string of the molecule is Br.C.C.C.CCOC(=O)C(CO)(CO)C(C)=O.CCOC(=O)C1(C(C)=O)COC(C)(C)OC1.CCOC(=O)C1COC(C)(C)OC1.CN(C)C(=O)C1COC(C)(C)OC1.CN(C)CC(CBr)CBr.CN(C)CC(CN)CN.CN(C)CC1COC(C)(C)OC1.COC(C)(C)CO.C[O-].[AlH3].[H-].[Li+].[Na+]. The number of ether oxygens (including phenoxy) is 12. The smallest absolute Gasteiger partial charge is 1.00 e. The zero-order valence-electron chi connectivity index (χ0n) is 65.4. The molecule has 0 aliphatic carbocycles. The molecule has 0 bridgehead atoms. The van der Waals surface area contributed by atoms with Crippen molar-refractivity contribution >= 4 is 102 Å². The molecule has 0 aromatic rings. The van der Waals surface area contributed by atoms with Gasteiger partial charge in [0.25, 0.3) is 0 Å². The van der Waals surface area contributed by atoms with Crippen molar-refractivity contribution in [1.29, 1.82) is 0 Å². The van der Waals surface area contributed by atoms with E-state index >= 15 is 0 Å². The van der Waals surface area contributed by atoms with Crippen LogP contribution < -0.4 is 65.0 Å². The Morgan fingerprint density at radius 2 is 0.921 bits per heavy atom. The zero-order valence-corrected chi connectivity index (χ0v) is 71.3. The number of rotatable bonds is 23. The van der Waals surface area contributed by atoms with Gasteiger partial charge in [0.05, 0.1) is 104 Å². The molecule has 0 saturated carbocycles. The quantitative estimate of drug-likeness (QED) is 0.0248. The fourth-order valence-electron chi connectivity index (χ4n) is 7.34. The Labute approximate surface area is 684 Å². The van der Waals surface area contributed by atoms with Crippen molar-refractivity contribution < 1.29 is 156 Å². The average Bonchev–Trinajstić information content (AvgIpc) is 0.790. The number of hydrogen-bond donors (Lipinski definition) is 5. The fraction of sp³-hybridized carbons (Fsp3) is 0.910. The van der Waals surface area contributed by atoms with Crippen LogP contribution >= 0.6 is 48.8 Å². The number of nitrogens with two attached hydrogens (primary N) is 2. The Kier molecular flexibility index (Phi) is 86.1. The summed E-state index contributed by atoms with van der Waals surface area (Å²) in [6.07, 6.45) is 0. The van der Waals surface area contributed by atoms with E-state index in [0.29, 0.717) is 58.0 Å². The van der Waals surface area contributed by atoms with Gasteiger partial charge in [-0.15, -0.1) is 17.0 Å². The number of methoxy groups -OCH3 is 1. The van der Waals surface area contributed by atoms with Crippen LogP contribution in [0.25, 0.3) is 0 Å². The van der Waals surface area contributed by atoms with Crippen LogP contribution in [0.5, 0.6) is 0 Å². The van der Waals surface area contributed by atoms with Crippen LogP contribution in [-0.2, 0) is 85.6 Å². The summed E-state index contributed by atoms with van der Waals surface area (Å²) in [4.78, 5) is 76.3. The van der Waals surface area contributed by atoms with E-state index in [4.69, 9.17) is 84.0 Å². The number of ketones is 2. The maximum atomic E-state index is 11.8. The summed E-state index contributed by atoms with van der Waals surface area (Å²) in [7, 11) is 18.2. The van der Waals surface area contributed by atoms with Crippen molar-refractivity contribution in [3.63, 3.8) is 0 Å². The second-order valence-corrected chi connectivity index (χ2v) is 27.0. The number of aliphatic hydroxyl groups excluding tert-OH is 3. The molecule has 0 aromatic carbocycles. The Hall–Kier alpha value is 0.0699. The molecule has 7 N–H and O–H groups in total. The first-order valence-electron chi connectivity index (χ1n) is 31.5. The van der Waals surface area contributed by atoms with Crippen molar-refractivity contribution in [3.05, 3.63) is 0 Å². The van der Waals surface area contributed by atoms with Gasteiger partial charge in [0.15, 0.2) is 62.9 Å². The van der Waals surface area contributed by atoms with Gasteiger partial charge in [0.2, 0.25) is 5.91 Å². The number of amides is 1. The third kappa shape index (κ3) is 59.6. The van der Waals surface area contributed by atoms with Gasteiger partial charge in [-0.25, -0.2) is 0 Å². The van der Waals surface area contributed by atoms with Gasteiger partial charge >= 0.3 is 66.3 Å². The van der Waals surface area contributed by atoms with Crippen molar-refractivity contribution in [2.75, 3.05) is 206 Å². The van der Waals surface area contributed by atoms with Crippen LogP contribution in [0.15, 0.2) is 0 Å². The largest absolute Gasteiger partial charge is 1.00 e. The third-order valence-electron chi connectivity index (χ3n) is 13.7. The molecule has 0 spiro atoms. The van der Waals surface area contributed by atoms with E-state index in [1.807, 2.05) is 69.5 Å². The van der Waals surface area contributed by atoms with Crippen LogP contribution in [0.2, 0.25) is 0 Å². The molecule has 4 heterocycles. The van der Waals surface area contributed by atoms with E-state index in [-0.39, 0.29) is 180 Å². The summed E-state index contributed by atoms with van der Waals surface area (Å²) in [5, 5.41) is 36.6. The normalized spacial score (nSPS) is 16.7. The molecule has 4 aliphatic heterocycles. The first-order valence-corrected chi connectivity index (χ1v) is 33.7. The van der Waals surface area contributed by atoms with Gasteiger partial charge in [-0.3, -0.25) is 28.8 Å². The van der Waals surface area contributed by atoms with Crippen LogP contribution in [-0.4, -0.2) is 323 Å². The van der Waals surface area contributed by atoms with Crippen molar-refractivity contribution in [2.45, 2.75) is 155 Å². The molecule has 0 unspecified atom stereocenters. The number of halogens is 3. The van der Waals surface area contributed by atoms with E-state index in [2.05, 4.69) is 79.5 Å². The molecule has 602 valence electrons. The molecule has 34 heteroatoms. The Morgan fingerprint density at radius 3 is 1.16 bits per heavy atom. The molecule has 0 radical (unpaired) electrons. The predicted octanol–water partition coefficient (Wildman–Crippen LogP) is -1.77. The van der Waals surface area contributed by atoms with Crippen LogP contribution in [0.4, 0.5) is 0 Å². The van der Waals surface area contributed by atoms with E-state index < -0.39 is 59.1 Å². The molecule has 1 amide bonds. The number of carbonyl (C=O) groups excluding carboxylic acids is 6. The van der Waals surface area contributed by atoms with Gasteiger partial charge in [-0.2, -0.15) is 7.11 Å². The standard InChI is InChI=1S/C11H18O5.C9H17NO3.C9H19NO2.C9H16O4.C8H14O5.C6H13Br2N.C6H17N3.C5H12O2.CH3O.3CH4.Al.BrH.Li.Na.4H/c1-5-14-9(13)11(8(2)12)6-15-10(3,4)16-7-11;1-9(2)12-5-7(6-13-9)8(11)10(3)4;1-9(2)11-6-8(7-12-9)5-10(3)4;1-4-11-8(10)7-5-12-9(2,3)13-6-7;1-3-13-7(12)8(4-9,5-10)6(2)11;2*1-9(2)5-6(3-7)4-8;1-5(2,4-6)7-3;1-2;;;;;;;;;;;/h5-7H2,1-4H3;7H,5-6H2,1-4H3;8H,5-7H2,1-4H3;7H,4-6H2,1-3H3;9-10H,3-5H2,1-2H3;6H,3-5H2,1-2H3;6H,3-5,7-8H2,1-2H3;6H,4H2,1-3H3;1H3;3*1H4;;1H;;;;;;/q;;;;;;;;-1;;;;;;2*+1;;;;-1. The van der Waals surface area contributed by atoms with E-state index in [0.717, 1.165) is 63.5 Å². The topological polar surface area (TPSA) is 362 Å². The first kappa shape index (κ1) is 128. The summed E-state index contributed by atoms with van der Waals surface area (Å²) in [6.45, 7) is 33.1. The maximum Gasteiger partial charge on any atom is 1.00 e. The Morgan fingerprint density at radius 1 is 0.584 bits per heavy atom. The first-order chi connectivity index (χ1) is 43.4. The van der Waals surface area contributed by atoms with Gasteiger partial charge in [0, 0.05) is 57.4 Å². The molecule has 101 heavy (non-hydrogen) atoms. The number of esters is 3. The number of alkyl halides is 2. The molecular weight excluding hydrogens is 1540 g/mol. The molecule has 4 aliphatic rings. The average molecular weight is 1680 g/mol. The molecule has 28 nitrogen and oxygen atoms in total. The van der Waals surface area contributed by atoms with Crippen LogP contribution in [0, 0.1) is 40.4 Å². The molecule has 0 atom stereocenters. The van der Waals surface area contributed by atoms with Crippen molar-refractivity contribution in [2.24, 2.45) is 51.9 Å². The molecule has 0 aromatic heterocycles. The summed E-state index contributed by atoms with van der Waals surface area (Å²) >= 11 is 6.90. The number of hydrogen-bond acceptors (Lipinski definition) is 27. The van der Waals surface area contributed by atoms with E-state index in [1.54, 1.807) is 60.7 Å². The van der Waals surface area contributed by atoms with Crippen molar-refractivity contribution in [1.82, 2.24) is 19.6 Å². The van der Waals surface area contributed by atoms with Crippen LogP contribution in [0.3, 0.4) is 0 Å². The molecule has 4 saturated heterocycles. The summed E-state index contributed by atoms with van der Waals surface area (Å²) in [6, 6.07) is 0. The predicted molar refractivity (Wildman–Crippen MR) is 407 cm³/mol. The van der Waals surface area contributed by atoms with Gasteiger partial charge in [0.1, 0.15) is 5.92 Å². The number of nitrogens with zero attached hydrogens (tertiary/aromatic N) is 4. The second-order valence-electron chi connectivity index (χ2n) is 25.7. The van der Waals surface area contributed by atoms with Gasteiger partial charge in [-0.1, -0.05) is 54.1 Å². The fourth-order valence-corrected chi connectivity index (χ4v) is 8.83. The third-order valence-corrected chi connectivity index (χ3v) is 15.6. The van der Waals surface area contributed by atoms with E-state index in [9.17, 15) is 28.8 Å². The minimum Gasteiger partial charge on any atom is -1.00 e.